The van der Waals surface area contributed by atoms with E-state index in [9.17, 15) is 4.79 Å². The number of alkyl halides is 1. The third kappa shape index (κ3) is 2.57. The van der Waals surface area contributed by atoms with Crippen molar-refractivity contribution in [3.8, 4) is 11.5 Å². The van der Waals surface area contributed by atoms with E-state index < -0.39 is 6.10 Å². The van der Waals surface area contributed by atoms with Crippen molar-refractivity contribution in [2.75, 3.05) is 19.7 Å². The summed E-state index contributed by atoms with van der Waals surface area (Å²) < 4.78 is 11.3. The van der Waals surface area contributed by atoms with Crippen molar-refractivity contribution in [1.82, 2.24) is 4.90 Å². The minimum atomic E-state index is -0.567. The van der Waals surface area contributed by atoms with E-state index in [0.717, 1.165) is 13.0 Å². The van der Waals surface area contributed by atoms with Crippen LogP contribution in [0.1, 0.15) is 13.3 Å². The van der Waals surface area contributed by atoms with Crippen LogP contribution < -0.4 is 9.47 Å². The Labute approximate surface area is 123 Å². The Morgan fingerprint density at radius 3 is 2.85 bits per heavy atom. The zero-order valence-corrected chi connectivity index (χ0v) is 12.2. The van der Waals surface area contributed by atoms with Gasteiger partial charge in [0.05, 0.1) is 5.38 Å². The highest BCUT2D eigenvalue weighted by atomic mass is 35.5. The molecule has 1 fully saturated rings. The van der Waals surface area contributed by atoms with E-state index in [-0.39, 0.29) is 17.9 Å². The Morgan fingerprint density at radius 2 is 2.10 bits per heavy atom. The molecule has 1 aromatic rings. The summed E-state index contributed by atoms with van der Waals surface area (Å²) in [5.41, 5.74) is 0. The zero-order valence-electron chi connectivity index (χ0n) is 11.4. The van der Waals surface area contributed by atoms with Gasteiger partial charge in [-0.15, -0.1) is 11.6 Å². The van der Waals surface area contributed by atoms with Crippen LogP contribution in [0.15, 0.2) is 24.3 Å². The van der Waals surface area contributed by atoms with Gasteiger partial charge in [-0.1, -0.05) is 19.1 Å². The summed E-state index contributed by atoms with van der Waals surface area (Å²) in [7, 11) is 0. The fourth-order valence-electron chi connectivity index (χ4n) is 2.57. The highest BCUT2D eigenvalue weighted by molar-refractivity contribution is 6.21. The van der Waals surface area contributed by atoms with Crippen LogP contribution in [-0.4, -0.2) is 42.0 Å². The lowest BCUT2D eigenvalue weighted by Crippen LogP contribution is -2.51. The smallest absolute Gasteiger partial charge is 0.267 e. The minimum absolute atomic E-state index is 0.0181. The molecule has 1 amide bonds. The minimum Gasteiger partial charge on any atom is -0.485 e. The molecule has 20 heavy (non-hydrogen) atoms. The summed E-state index contributed by atoms with van der Waals surface area (Å²) in [6.07, 6.45) is 0.367. The Kier molecular flexibility index (Phi) is 3.74. The molecule has 5 heteroatoms. The van der Waals surface area contributed by atoms with Crippen molar-refractivity contribution in [1.29, 1.82) is 0 Å². The van der Waals surface area contributed by atoms with Gasteiger partial charge in [0, 0.05) is 13.1 Å². The van der Waals surface area contributed by atoms with Gasteiger partial charge in [-0.05, 0) is 24.5 Å². The van der Waals surface area contributed by atoms with Crippen LogP contribution >= 0.6 is 11.6 Å². The van der Waals surface area contributed by atoms with Gasteiger partial charge in [-0.3, -0.25) is 4.79 Å². The fraction of sp³-hybridized carbons (Fsp3) is 0.533. The molecule has 0 saturated carbocycles. The number of ether oxygens (including phenoxy) is 2. The van der Waals surface area contributed by atoms with Gasteiger partial charge >= 0.3 is 0 Å². The molecule has 4 nitrogen and oxygen atoms in total. The summed E-state index contributed by atoms with van der Waals surface area (Å²) in [4.78, 5) is 14.3. The van der Waals surface area contributed by atoms with Crippen molar-refractivity contribution in [2.24, 2.45) is 5.92 Å². The first-order valence-corrected chi connectivity index (χ1v) is 7.40. The van der Waals surface area contributed by atoms with Crippen LogP contribution in [0.2, 0.25) is 0 Å². The van der Waals surface area contributed by atoms with Crippen LogP contribution in [0.25, 0.3) is 0 Å². The molecule has 3 atom stereocenters. The van der Waals surface area contributed by atoms with Crippen molar-refractivity contribution in [3.63, 3.8) is 0 Å². The molecule has 0 N–H and O–H groups in total. The maximum absolute atomic E-state index is 12.5. The number of hydrogen-bond donors (Lipinski definition) is 0. The Hall–Kier alpha value is -1.42. The van der Waals surface area contributed by atoms with E-state index in [1.54, 1.807) is 4.90 Å². The third-order valence-electron chi connectivity index (χ3n) is 3.96. The molecule has 3 rings (SSSR count). The first-order valence-electron chi connectivity index (χ1n) is 6.96. The number of hydrogen-bond acceptors (Lipinski definition) is 3. The molecule has 2 aliphatic rings. The van der Waals surface area contributed by atoms with Gasteiger partial charge in [0.2, 0.25) is 6.10 Å². The normalized spacial score (nSPS) is 29.1. The second-order valence-electron chi connectivity index (χ2n) is 5.43. The van der Waals surface area contributed by atoms with Gasteiger partial charge in [-0.25, -0.2) is 0 Å². The van der Waals surface area contributed by atoms with Crippen molar-refractivity contribution in [3.05, 3.63) is 24.3 Å². The predicted molar refractivity (Wildman–Crippen MR) is 76.4 cm³/mol. The largest absolute Gasteiger partial charge is 0.485 e. The second kappa shape index (κ2) is 5.52. The molecule has 0 radical (unpaired) electrons. The lowest BCUT2D eigenvalue weighted by atomic mass is 9.98. The summed E-state index contributed by atoms with van der Waals surface area (Å²) in [6, 6.07) is 7.41. The van der Waals surface area contributed by atoms with Crippen LogP contribution in [0.5, 0.6) is 11.5 Å². The van der Waals surface area contributed by atoms with Crippen LogP contribution in [0.4, 0.5) is 0 Å². The van der Waals surface area contributed by atoms with E-state index in [4.69, 9.17) is 21.1 Å². The summed E-state index contributed by atoms with van der Waals surface area (Å²) in [5, 5.41) is 0.0181. The summed E-state index contributed by atoms with van der Waals surface area (Å²) in [6.45, 7) is 3.71. The number of halogens is 1. The number of fused-ring (bicyclic) bond motifs is 1. The molecule has 1 saturated heterocycles. The molecule has 3 unspecified atom stereocenters. The predicted octanol–water partition coefficient (Wildman–Crippen LogP) is 2.30. The molecule has 0 spiro atoms. The highest BCUT2D eigenvalue weighted by Crippen LogP contribution is 2.32. The molecule has 2 heterocycles. The number of amides is 1. The Balaban J connectivity index is 1.67. The van der Waals surface area contributed by atoms with Crippen molar-refractivity contribution < 1.29 is 14.3 Å². The van der Waals surface area contributed by atoms with Gasteiger partial charge in [0.25, 0.3) is 5.91 Å². The van der Waals surface area contributed by atoms with E-state index in [1.165, 1.54) is 0 Å². The molecule has 0 aromatic heterocycles. The number of rotatable bonds is 1. The molecule has 1 aromatic carbocycles. The lowest BCUT2D eigenvalue weighted by molar-refractivity contribution is -0.142. The topological polar surface area (TPSA) is 38.8 Å². The van der Waals surface area contributed by atoms with E-state index in [1.807, 2.05) is 24.3 Å². The van der Waals surface area contributed by atoms with Crippen LogP contribution in [0, 0.1) is 5.92 Å². The maximum Gasteiger partial charge on any atom is 0.267 e. The number of benzene rings is 1. The van der Waals surface area contributed by atoms with E-state index in [2.05, 4.69) is 6.92 Å². The number of likely N-dealkylation sites (tertiary alicyclic amines) is 1. The maximum atomic E-state index is 12.5. The molecular formula is C15H18ClNO3. The second-order valence-corrected chi connectivity index (χ2v) is 5.99. The molecule has 0 bridgehead atoms. The van der Waals surface area contributed by atoms with Gasteiger partial charge in [0.15, 0.2) is 11.5 Å². The zero-order chi connectivity index (χ0) is 14.1. The summed E-state index contributed by atoms with van der Waals surface area (Å²) >= 11 is 6.26. The van der Waals surface area contributed by atoms with Gasteiger partial charge in [-0.2, -0.15) is 0 Å². The number of piperidine rings is 1. The Morgan fingerprint density at radius 1 is 1.35 bits per heavy atom. The Bertz CT molecular complexity index is 508. The van der Waals surface area contributed by atoms with E-state index >= 15 is 0 Å². The first kappa shape index (κ1) is 13.6. The third-order valence-corrected chi connectivity index (χ3v) is 4.53. The number of para-hydroxylation sites is 2. The number of carbonyl (C=O) groups is 1. The number of carbonyl (C=O) groups excluding carboxylic acids is 1. The molecule has 0 aliphatic carbocycles. The quantitative estimate of drug-likeness (QED) is 0.746. The van der Waals surface area contributed by atoms with Crippen molar-refractivity contribution in [2.45, 2.75) is 24.8 Å². The van der Waals surface area contributed by atoms with Crippen LogP contribution in [-0.2, 0) is 4.79 Å². The average molecular weight is 296 g/mol. The summed E-state index contributed by atoms with van der Waals surface area (Å²) in [5.74, 6) is 1.74. The fourth-order valence-corrected chi connectivity index (χ4v) is 2.86. The number of nitrogens with zero attached hydrogens (tertiary/aromatic N) is 1. The van der Waals surface area contributed by atoms with Gasteiger partial charge < -0.3 is 14.4 Å². The first-order chi connectivity index (χ1) is 9.65. The standard InChI is InChI=1S/C15H18ClNO3/c1-10-6-7-17(8-11(10)16)15(18)14-9-19-12-4-2-3-5-13(12)20-14/h2-5,10-11,14H,6-9H2,1H3. The van der Waals surface area contributed by atoms with Gasteiger partial charge in [0.1, 0.15) is 6.61 Å². The molecular weight excluding hydrogens is 278 g/mol. The average Bonchev–Trinajstić information content (AvgIpc) is 2.49. The molecule has 108 valence electrons. The molecule has 2 aliphatic heterocycles. The van der Waals surface area contributed by atoms with Crippen LogP contribution in [0.3, 0.4) is 0 Å². The monoisotopic (exact) mass is 295 g/mol. The van der Waals surface area contributed by atoms with E-state index in [0.29, 0.717) is 24.0 Å². The van der Waals surface area contributed by atoms with Crippen molar-refractivity contribution >= 4 is 17.5 Å². The lowest BCUT2D eigenvalue weighted by Gasteiger charge is -2.36. The highest BCUT2D eigenvalue weighted by Gasteiger charge is 2.34. The SMILES string of the molecule is CC1CCN(C(=O)C2COc3ccccc3O2)CC1Cl.